The van der Waals surface area contributed by atoms with Gasteiger partial charge in [0.2, 0.25) is 0 Å². The van der Waals surface area contributed by atoms with Crippen LogP contribution in [0.3, 0.4) is 0 Å². The fourth-order valence-electron chi connectivity index (χ4n) is 7.74. The summed E-state index contributed by atoms with van der Waals surface area (Å²) in [5.74, 6) is 1.65. The number of hydrogen-bond donors (Lipinski definition) is 2. The number of likely N-dealkylation sites (tertiary alicyclic amines) is 1. The van der Waals surface area contributed by atoms with Gasteiger partial charge in [0.25, 0.3) is 0 Å². The summed E-state index contributed by atoms with van der Waals surface area (Å²) in [4.78, 5) is 25.8. The molecule has 2 N–H and O–H groups in total. The van der Waals surface area contributed by atoms with Crippen LogP contribution in [0.5, 0.6) is 0 Å². The molecule has 6 nitrogen and oxygen atoms in total. The molecular weight excluding hydrogens is 650 g/mol. The summed E-state index contributed by atoms with van der Waals surface area (Å²) in [6.45, 7) is 12.3. The van der Waals surface area contributed by atoms with Crippen molar-refractivity contribution in [1.29, 1.82) is 0 Å². The van der Waals surface area contributed by atoms with Gasteiger partial charge >= 0.3 is 0 Å². The Hall–Kier alpha value is -3.90. The van der Waals surface area contributed by atoms with Crippen LogP contribution < -0.4 is 10.6 Å². The number of carbonyl (C=O) groups excluding carboxylic acids is 1. The van der Waals surface area contributed by atoms with Gasteiger partial charge < -0.3 is 15.5 Å². The highest BCUT2D eigenvalue weighted by Gasteiger charge is 2.32. The average Bonchev–Trinajstić information content (AvgIpc) is 4.00. The molecular formula is C44H50ClN5O. The van der Waals surface area contributed by atoms with Crippen molar-refractivity contribution in [3.05, 3.63) is 123 Å². The lowest BCUT2D eigenvalue weighted by Crippen LogP contribution is -2.31. The van der Waals surface area contributed by atoms with Gasteiger partial charge in [0.05, 0.1) is 18.0 Å². The Labute approximate surface area is 308 Å². The molecule has 1 saturated carbocycles. The second-order valence-electron chi connectivity index (χ2n) is 14.9. The summed E-state index contributed by atoms with van der Waals surface area (Å²) in [6.07, 6.45) is 16.0. The van der Waals surface area contributed by atoms with Crippen molar-refractivity contribution >= 4 is 40.5 Å². The number of ketones is 1. The summed E-state index contributed by atoms with van der Waals surface area (Å²) in [5, 5.41) is 7.70. The number of dihydropyridines is 1. The van der Waals surface area contributed by atoms with Crippen LogP contribution in [0.25, 0.3) is 11.1 Å². The van der Waals surface area contributed by atoms with Crippen molar-refractivity contribution in [2.45, 2.75) is 64.0 Å². The first-order valence-electron chi connectivity index (χ1n) is 18.8. The minimum absolute atomic E-state index is 0.0727. The Kier molecular flexibility index (Phi) is 11.3. The monoisotopic (exact) mass is 699 g/mol. The molecule has 2 atom stereocenters. The number of carbonyl (C=O) groups is 1. The maximum absolute atomic E-state index is 13.9. The highest BCUT2D eigenvalue weighted by atomic mass is 35.5. The van der Waals surface area contributed by atoms with Gasteiger partial charge in [-0.3, -0.25) is 14.8 Å². The van der Waals surface area contributed by atoms with E-state index in [0.29, 0.717) is 36.0 Å². The zero-order valence-electron chi connectivity index (χ0n) is 30.1. The summed E-state index contributed by atoms with van der Waals surface area (Å²) >= 11 is 6.98. The van der Waals surface area contributed by atoms with Crippen molar-refractivity contribution in [3.8, 4) is 0 Å². The predicted molar refractivity (Wildman–Crippen MR) is 213 cm³/mol. The van der Waals surface area contributed by atoms with E-state index < -0.39 is 0 Å². The standard InChI is InChI=1S/C44H50ClN5O/c1-4-32-23-43(51)40(39-14-13-36(22-41(39)45)35-6-5-17-48-38(20-35)27-46-24-30-7-8-30)21-37-26-49-42(29(2)44(32)37)28-47-25-31-9-11-33(12-10-31)34-15-18-50(3)19-16-34/h6,9-14,17,20-22,26,30,32,34,42,46-47H,2,4,7-8,15-16,18-19,23-25,27-28H2,1,3H3. The number of allylic oxidation sites excluding steroid dienone is 5. The van der Waals surface area contributed by atoms with E-state index in [9.17, 15) is 4.79 Å². The van der Waals surface area contributed by atoms with E-state index in [-0.39, 0.29) is 17.7 Å². The van der Waals surface area contributed by atoms with Gasteiger partial charge in [0.1, 0.15) is 0 Å². The normalized spacial score (nSPS) is 22.8. The van der Waals surface area contributed by atoms with Crippen LogP contribution in [-0.2, 0) is 11.3 Å². The SMILES string of the molecule is C=C1C2=C(C=NC1CNCc1ccc(C3CCN(C)CC3)cc1)C=C(c1ccc(C3=CC(CNCC4CC4)=NC=C=C3)cc1Cl)C(=O)CC2CC. The fourth-order valence-corrected chi connectivity index (χ4v) is 8.03. The highest BCUT2D eigenvalue weighted by Crippen LogP contribution is 2.40. The quantitative estimate of drug-likeness (QED) is 0.220. The van der Waals surface area contributed by atoms with Gasteiger partial charge in [-0.05, 0) is 140 Å². The fraction of sp³-hybridized carbons (Fsp3) is 0.409. The molecule has 3 heterocycles. The zero-order valence-corrected chi connectivity index (χ0v) is 30.8. The molecule has 2 fully saturated rings. The van der Waals surface area contributed by atoms with Gasteiger partial charge in [-0.15, -0.1) is 5.73 Å². The van der Waals surface area contributed by atoms with Crippen molar-refractivity contribution in [3.63, 3.8) is 0 Å². The van der Waals surface area contributed by atoms with Gasteiger partial charge in [0, 0.05) is 48.4 Å². The highest BCUT2D eigenvalue weighted by molar-refractivity contribution is 6.35. The lowest BCUT2D eigenvalue weighted by Gasteiger charge is -2.29. The maximum atomic E-state index is 13.9. The van der Waals surface area contributed by atoms with Crippen molar-refractivity contribution < 1.29 is 4.79 Å². The Morgan fingerprint density at radius 2 is 1.78 bits per heavy atom. The average molecular weight is 700 g/mol. The van der Waals surface area contributed by atoms with Crippen molar-refractivity contribution in [2.75, 3.05) is 39.8 Å². The molecule has 2 unspecified atom stereocenters. The molecule has 7 heteroatoms. The summed E-state index contributed by atoms with van der Waals surface area (Å²) < 4.78 is 0. The first-order chi connectivity index (χ1) is 24.9. The smallest absolute Gasteiger partial charge is 0.164 e. The van der Waals surface area contributed by atoms with Crippen LogP contribution in [0.2, 0.25) is 5.02 Å². The third-order valence-corrected chi connectivity index (χ3v) is 11.4. The topological polar surface area (TPSA) is 69.1 Å². The molecule has 2 aromatic rings. The number of halogens is 1. The molecule has 0 bridgehead atoms. The summed E-state index contributed by atoms with van der Waals surface area (Å²) in [7, 11) is 2.21. The lowest BCUT2D eigenvalue weighted by atomic mass is 9.81. The number of rotatable bonds is 12. The third-order valence-electron chi connectivity index (χ3n) is 11.1. The molecule has 3 aliphatic heterocycles. The molecule has 0 aromatic heterocycles. The van der Waals surface area contributed by atoms with Gasteiger partial charge in [-0.2, -0.15) is 0 Å². The number of nitrogens with zero attached hydrogens (tertiary/aromatic N) is 3. The molecule has 7 rings (SSSR count). The van der Waals surface area contributed by atoms with Crippen LogP contribution >= 0.6 is 11.6 Å². The first-order valence-corrected chi connectivity index (χ1v) is 19.1. The number of Topliss-reactive ketones (excluding diaryl/α,β-unsaturated/α-hetero) is 1. The molecule has 5 aliphatic rings. The number of piperidine rings is 1. The molecule has 0 radical (unpaired) electrons. The van der Waals surface area contributed by atoms with E-state index in [0.717, 1.165) is 64.6 Å². The van der Waals surface area contributed by atoms with E-state index in [2.05, 4.69) is 77.1 Å². The van der Waals surface area contributed by atoms with Crippen LogP contribution in [0, 0.1) is 11.8 Å². The minimum Gasteiger partial charge on any atom is -0.311 e. The Bertz CT molecular complexity index is 1880. The van der Waals surface area contributed by atoms with E-state index in [1.807, 2.05) is 36.6 Å². The molecule has 2 aromatic carbocycles. The summed E-state index contributed by atoms with van der Waals surface area (Å²) in [5.41, 5.74) is 13.3. The molecule has 1 saturated heterocycles. The van der Waals surface area contributed by atoms with Crippen LogP contribution in [0.1, 0.15) is 73.6 Å². The molecule has 51 heavy (non-hydrogen) atoms. The van der Waals surface area contributed by atoms with E-state index in [4.69, 9.17) is 16.6 Å². The Balaban J connectivity index is 1.03. The van der Waals surface area contributed by atoms with Crippen molar-refractivity contribution in [1.82, 2.24) is 15.5 Å². The first kappa shape index (κ1) is 35.5. The molecule has 0 amide bonds. The maximum Gasteiger partial charge on any atom is 0.164 e. The lowest BCUT2D eigenvalue weighted by molar-refractivity contribution is -0.114. The van der Waals surface area contributed by atoms with Gasteiger partial charge in [0.15, 0.2) is 5.78 Å². The van der Waals surface area contributed by atoms with E-state index in [1.54, 1.807) is 6.20 Å². The summed E-state index contributed by atoms with van der Waals surface area (Å²) in [6, 6.07) is 15.0. The predicted octanol–water partition coefficient (Wildman–Crippen LogP) is 8.13. The Morgan fingerprint density at radius 1 is 1.00 bits per heavy atom. The van der Waals surface area contributed by atoms with E-state index >= 15 is 0 Å². The molecule has 0 spiro atoms. The number of nitrogens with one attached hydrogen (secondary N) is 2. The molecule has 264 valence electrons. The minimum atomic E-state index is -0.0727. The van der Waals surface area contributed by atoms with Crippen LogP contribution in [0.15, 0.2) is 106 Å². The molecule has 2 aliphatic carbocycles. The zero-order chi connectivity index (χ0) is 35.3. The van der Waals surface area contributed by atoms with Crippen LogP contribution in [0.4, 0.5) is 0 Å². The van der Waals surface area contributed by atoms with Gasteiger partial charge in [-0.1, -0.05) is 61.5 Å². The third kappa shape index (κ3) is 8.60. The second-order valence-corrected chi connectivity index (χ2v) is 15.3. The van der Waals surface area contributed by atoms with Gasteiger partial charge in [-0.25, -0.2) is 0 Å². The van der Waals surface area contributed by atoms with Crippen molar-refractivity contribution in [2.24, 2.45) is 21.8 Å². The number of aliphatic imine (C=N–C) groups is 2. The largest absolute Gasteiger partial charge is 0.311 e. The number of benzene rings is 2. The van der Waals surface area contributed by atoms with Crippen LogP contribution in [-0.4, -0.2) is 68.4 Å². The number of hydrogen-bond acceptors (Lipinski definition) is 6. The van der Waals surface area contributed by atoms with E-state index in [1.165, 1.54) is 49.9 Å². The second kappa shape index (κ2) is 16.2. The Morgan fingerprint density at radius 3 is 2.53 bits per heavy atom.